The number of alkyl halides is 3. The molecule has 0 saturated carbocycles. The molecule has 1 atom stereocenters. The Morgan fingerprint density at radius 2 is 1.94 bits per heavy atom. The summed E-state index contributed by atoms with van der Waals surface area (Å²) in [4.78, 5) is 27.2. The summed E-state index contributed by atoms with van der Waals surface area (Å²) in [6, 6.07) is 8.35. The van der Waals surface area contributed by atoms with E-state index >= 15 is 0 Å². The van der Waals surface area contributed by atoms with Gasteiger partial charge in [-0.3, -0.25) is 9.59 Å². The molecule has 172 valence electrons. The van der Waals surface area contributed by atoms with Gasteiger partial charge in [0.25, 0.3) is 5.91 Å². The molecule has 0 aliphatic carbocycles. The third kappa shape index (κ3) is 6.14. The van der Waals surface area contributed by atoms with Gasteiger partial charge < -0.3 is 16.0 Å². The number of nitrogens with two attached hydrogens (primary N) is 1. The van der Waals surface area contributed by atoms with Crippen molar-refractivity contribution >= 4 is 40.9 Å². The lowest BCUT2D eigenvalue weighted by atomic mass is 10.1. The first kappa shape index (κ1) is 24.3. The Morgan fingerprint density at radius 1 is 1.25 bits per heavy atom. The van der Waals surface area contributed by atoms with E-state index in [4.69, 9.17) is 17.3 Å². The summed E-state index contributed by atoms with van der Waals surface area (Å²) in [6.07, 6.45) is -5.72. The van der Waals surface area contributed by atoms with Gasteiger partial charge in [-0.1, -0.05) is 23.7 Å². The molecule has 1 aliphatic rings. The smallest absolute Gasteiger partial charge is 0.352 e. The van der Waals surface area contributed by atoms with Crippen molar-refractivity contribution < 1.29 is 27.2 Å². The lowest BCUT2D eigenvalue weighted by Crippen LogP contribution is -2.44. The molecule has 11 heteroatoms. The van der Waals surface area contributed by atoms with Crippen molar-refractivity contribution in [2.75, 3.05) is 17.2 Å². The first-order valence-corrected chi connectivity index (χ1v) is 11.0. The molecule has 1 aliphatic heterocycles. The molecule has 0 fully saturated rings. The van der Waals surface area contributed by atoms with Crippen LogP contribution >= 0.6 is 23.4 Å². The van der Waals surface area contributed by atoms with Crippen molar-refractivity contribution in [3.63, 3.8) is 0 Å². The number of thioether (sulfide) groups is 1. The summed E-state index contributed by atoms with van der Waals surface area (Å²) in [5.74, 6) is -1.86. The van der Waals surface area contributed by atoms with Gasteiger partial charge in [0, 0.05) is 28.6 Å². The summed E-state index contributed by atoms with van der Waals surface area (Å²) < 4.78 is 51.5. The molecule has 3 N–H and O–H groups in total. The Hall–Kier alpha value is -2.30. The predicted octanol–water partition coefficient (Wildman–Crippen LogP) is 4.52. The van der Waals surface area contributed by atoms with Gasteiger partial charge in [-0.15, -0.1) is 11.8 Å². The van der Waals surface area contributed by atoms with Gasteiger partial charge in [0.2, 0.25) is 5.91 Å². The number of anilines is 1. The highest BCUT2D eigenvalue weighted by Crippen LogP contribution is 2.37. The second-order valence-electron chi connectivity index (χ2n) is 7.24. The van der Waals surface area contributed by atoms with E-state index in [2.05, 4.69) is 5.32 Å². The molecule has 1 heterocycles. The molecule has 32 heavy (non-hydrogen) atoms. The van der Waals surface area contributed by atoms with Crippen LogP contribution in [0.3, 0.4) is 0 Å². The monoisotopic (exact) mass is 489 g/mol. The number of amides is 2. The minimum absolute atomic E-state index is 0.121. The zero-order chi connectivity index (χ0) is 23.5. The normalized spacial score (nSPS) is 16.5. The van der Waals surface area contributed by atoms with E-state index < -0.39 is 36.3 Å². The molecule has 5 nitrogen and oxygen atoms in total. The summed E-state index contributed by atoms with van der Waals surface area (Å²) in [6.45, 7) is -0.141. The fourth-order valence-electron chi connectivity index (χ4n) is 3.14. The van der Waals surface area contributed by atoms with Crippen molar-refractivity contribution in [3.05, 3.63) is 58.4 Å². The fraction of sp³-hybridized carbons (Fsp3) is 0.333. The second kappa shape index (κ2) is 10.1. The average molecular weight is 490 g/mol. The Kier molecular flexibility index (Phi) is 7.68. The van der Waals surface area contributed by atoms with Crippen LogP contribution in [0.2, 0.25) is 5.02 Å². The van der Waals surface area contributed by atoms with Gasteiger partial charge >= 0.3 is 6.18 Å². The maximum Gasteiger partial charge on any atom is 0.389 e. The standard InChI is InChI=1S/C21H20ClF4N3O2S/c22-13-4-2-12(3-5-13)10-29-17-8-14(19(30)28-7-1-6-21(24,25)26)15(23)9-18(17)32-11-16(27)20(29)31/h2-5,8-9,16H,1,6-7,10-11,27H2,(H,28,30)/t16-/m0/s1. The van der Waals surface area contributed by atoms with E-state index in [1.165, 1.54) is 22.7 Å². The lowest BCUT2D eigenvalue weighted by Gasteiger charge is -2.25. The minimum atomic E-state index is -4.33. The molecule has 0 radical (unpaired) electrons. The Morgan fingerprint density at radius 3 is 2.59 bits per heavy atom. The van der Waals surface area contributed by atoms with Crippen molar-refractivity contribution in [1.82, 2.24) is 5.32 Å². The molecule has 2 aromatic rings. The molecule has 0 bridgehead atoms. The molecule has 0 saturated heterocycles. The van der Waals surface area contributed by atoms with Crippen LogP contribution in [-0.2, 0) is 11.3 Å². The Bertz CT molecular complexity index is 1000. The van der Waals surface area contributed by atoms with Gasteiger partial charge in [0.1, 0.15) is 5.82 Å². The van der Waals surface area contributed by atoms with Crippen molar-refractivity contribution in [1.29, 1.82) is 0 Å². The lowest BCUT2D eigenvalue weighted by molar-refractivity contribution is -0.135. The largest absolute Gasteiger partial charge is 0.389 e. The highest BCUT2D eigenvalue weighted by atomic mass is 35.5. The van der Waals surface area contributed by atoms with E-state index in [0.29, 0.717) is 15.6 Å². The third-order valence-electron chi connectivity index (χ3n) is 4.76. The fourth-order valence-corrected chi connectivity index (χ4v) is 4.27. The maximum atomic E-state index is 14.6. The van der Waals surface area contributed by atoms with Crippen molar-refractivity contribution in [3.8, 4) is 0 Å². The Labute approximate surface area is 191 Å². The molecule has 2 amide bonds. The molecule has 0 aromatic heterocycles. The van der Waals surface area contributed by atoms with Gasteiger partial charge in [0.05, 0.1) is 23.8 Å². The van der Waals surface area contributed by atoms with Gasteiger partial charge in [-0.2, -0.15) is 13.2 Å². The van der Waals surface area contributed by atoms with Crippen molar-refractivity contribution in [2.45, 2.75) is 36.5 Å². The van der Waals surface area contributed by atoms with Crippen LogP contribution in [0.4, 0.5) is 23.2 Å². The number of halogens is 5. The number of fused-ring (bicyclic) bond motifs is 1. The van der Waals surface area contributed by atoms with Gasteiger partial charge in [-0.05, 0) is 36.2 Å². The van der Waals surface area contributed by atoms with E-state index in [1.807, 2.05) is 0 Å². The molecular formula is C21H20ClF4N3O2S. The highest BCUT2D eigenvalue weighted by Gasteiger charge is 2.31. The van der Waals surface area contributed by atoms with E-state index in [1.54, 1.807) is 24.3 Å². The van der Waals surface area contributed by atoms with E-state index in [-0.39, 0.29) is 30.8 Å². The van der Waals surface area contributed by atoms with Crippen LogP contribution in [0.5, 0.6) is 0 Å². The molecule has 3 rings (SSSR count). The number of hydrogen-bond donors (Lipinski definition) is 2. The van der Waals surface area contributed by atoms with E-state index in [9.17, 15) is 27.2 Å². The summed E-state index contributed by atoms with van der Waals surface area (Å²) >= 11 is 7.10. The second-order valence-corrected chi connectivity index (χ2v) is 8.74. The quantitative estimate of drug-likeness (QED) is 0.462. The summed E-state index contributed by atoms with van der Waals surface area (Å²) in [5.41, 5.74) is 6.67. The molecular weight excluding hydrogens is 470 g/mol. The minimum Gasteiger partial charge on any atom is -0.352 e. The number of carbonyl (C=O) groups excluding carboxylic acids is 2. The Balaban J connectivity index is 1.87. The number of rotatable bonds is 6. The SMILES string of the molecule is N[C@H]1CSc2cc(F)c(C(=O)NCCCC(F)(F)F)cc2N(Cc2ccc(Cl)cc2)C1=O. The summed E-state index contributed by atoms with van der Waals surface area (Å²) in [5, 5.41) is 2.82. The number of nitrogens with one attached hydrogen (secondary N) is 1. The topological polar surface area (TPSA) is 75.4 Å². The summed E-state index contributed by atoms with van der Waals surface area (Å²) in [7, 11) is 0. The molecule has 0 unspecified atom stereocenters. The average Bonchev–Trinajstić information content (AvgIpc) is 2.83. The zero-order valence-corrected chi connectivity index (χ0v) is 18.3. The van der Waals surface area contributed by atoms with Gasteiger partial charge in [-0.25, -0.2) is 4.39 Å². The first-order chi connectivity index (χ1) is 15.0. The van der Waals surface area contributed by atoms with Crippen LogP contribution in [0.1, 0.15) is 28.8 Å². The van der Waals surface area contributed by atoms with Crippen LogP contribution < -0.4 is 16.0 Å². The highest BCUT2D eigenvalue weighted by molar-refractivity contribution is 7.99. The first-order valence-electron chi connectivity index (χ1n) is 9.68. The number of nitrogens with zero attached hydrogens (tertiary/aromatic N) is 1. The van der Waals surface area contributed by atoms with Crippen LogP contribution in [0, 0.1) is 5.82 Å². The van der Waals surface area contributed by atoms with Gasteiger partial charge in [0.15, 0.2) is 0 Å². The molecule has 2 aromatic carbocycles. The zero-order valence-electron chi connectivity index (χ0n) is 16.7. The van der Waals surface area contributed by atoms with E-state index in [0.717, 1.165) is 11.6 Å². The number of benzene rings is 2. The number of carbonyl (C=O) groups is 2. The van der Waals surface area contributed by atoms with Crippen LogP contribution in [0.25, 0.3) is 0 Å². The molecule has 0 spiro atoms. The predicted molar refractivity (Wildman–Crippen MR) is 115 cm³/mol. The maximum absolute atomic E-state index is 14.6. The number of hydrogen-bond acceptors (Lipinski definition) is 4. The van der Waals surface area contributed by atoms with Crippen LogP contribution in [0.15, 0.2) is 41.3 Å². The third-order valence-corrected chi connectivity index (χ3v) is 6.18. The van der Waals surface area contributed by atoms with Crippen molar-refractivity contribution in [2.24, 2.45) is 5.73 Å². The van der Waals surface area contributed by atoms with Crippen LogP contribution in [-0.4, -0.2) is 36.3 Å².